The highest BCUT2D eigenvalue weighted by Crippen LogP contribution is 2.26. The van der Waals surface area contributed by atoms with E-state index in [9.17, 15) is 8.42 Å². The Morgan fingerprint density at radius 3 is 2.50 bits per heavy atom. The summed E-state index contributed by atoms with van der Waals surface area (Å²) in [6, 6.07) is 0.103. The van der Waals surface area contributed by atoms with E-state index in [4.69, 9.17) is 5.73 Å². The van der Waals surface area contributed by atoms with E-state index in [-0.39, 0.29) is 17.2 Å². The molecule has 0 amide bonds. The van der Waals surface area contributed by atoms with Crippen LogP contribution in [0.4, 0.5) is 0 Å². The highest BCUT2D eigenvalue weighted by molar-refractivity contribution is 7.92. The zero-order chi connectivity index (χ0) is 10.8. The first-order chi connectivity index (χ1) is 6.45. The summed E-state index contributed by atoms with van der Waals surface area (Å²) >= 11 is 0. The summed E-state index contributed by atoms with van der Waals surface area (Å²) < 4.78 is 23.8. The van der Waals surface area contributed by atoms with Gasteiger partial charge in [-0.2, -0.15) is 0 Å². The molecule has 0 radical (unpaired) electrons. The van der Waals surface area contributed by atoms with Crippen molar-refractivity contribution in [2.75, 3.05) is 5.75 Å². The van der Waals surface area contributed by atoms with Crippen molar-refractivity contribution in [3.05, 3.63) is 0 Å². The molecule has 14 heavy (non-hydrogen) atoms. The third-order valence-electron chi connectivity index (χ3n) is 3.15. The molecule has 3 atom stereocenters. The second-order valence-corrected chi connectivity index (χ2v) is 6.86. The Labute approximate surface area is 87.0 Å². The molecule has 0 bridgehead atoms. The topological polar surface area (TPSA) is 60.2 Å². The van der Waals surface area contributed by atoms with Crippen molar-refractivity contribution in [2.45, 2.75) is 50.8 Å². The van der Waals surface area contributed by atoms with E-state index in [1.165, 1.54) is 0 Å². The Balaban J connectivity index is 2.57. The van der Waals surface area contributed by atoms with Crippen LogP contribution in [0, 0.1) is 5.92 Å². The minimum Gasteiger partial charge on any atom is -0.328 e. The fourth-order valence-corrected chi connectivity index (χ4v) is 4.29. The molecule has 3 nitrogen and oxygen atoms in total. The van der Waals surface area contributed by atoms with Crippen molar-refractivity contribution in [1.29, 1.82) is 0 Å². The summed E-state index contributed by atoms with van der Waals surface area (Å²) in [5.41, 5.74) is 5.72. The number of hydrogen-bond acceptors (Lipinski definition) is 3. The van der Waals surface area contributed by atoms with Gasteiger partial charge in [0, 0.05) is 6.04 Å². The van der Waals surface area contributed by atoms with Crippen LogP contribution >= 0.6 is 0 Å². The molecule has 0 heterocycles. The van der Waals surface area contributed by atoms with Crippen LogP contribution in [-0.4, -0.2) is 25.5 Å². The molecule has 1 aliphatic rings. The average Bonchev–Trinajstić information content (AvgIpc) is 2.51. The molecular formula is C10H21NO2S. The van der Waals surface area contributed by atoms with Crippen LogP contribution in [0.15, 0.2) is 0 Å². The number of hydrogen-bond donors (Lipinski definition) is 1. The lowest BCUT2D eigenvalue weighted by Crippen LogP contribution is -2.26. The van der Waals surface area contributed by atoms with Crippen molar-refractivity contribution in [3.8, 4) is 0 Å². The normalized spacial score (nSPS) is 30.5. The van der Waals surface area contributed by atoms with E-state index in [2.05, 4.69) is 0 Å². The van der Waals surface area contributed by atoms with Gasteiger partial charge in [0.1, 0.15) is 0 Å². The first-order valence-corrected chi connectivity index (χ1v) is 7.14. The van der Waals surface area contributed by atoms with E-state index < -0.39 is 9.84 Å². The Hall–Kier alpha value is -0.0900. The number of rotatable bonds is 4. The molecule has 1 saturated carbocycles. The van der Waals surface area contributed by atoms with Crippen LogP contribution in [0.25, 0.3) is 0 Å². The summed E-state index contributed by atoms with van der Waals surface area (Å²) in [5, 5.41) is -0.161. The summed E-state index contributed by atoms with van der Waals surface area (Å²) in [5.74, 6) is 0.609. The zero-order valence-electron chi connectivity index (χ0n) is 9.07. The second kappa shape index (κ2) is 4.62. The lowest BCUT2D eigenvalue weighted by Gasteiger charge is -2.14. The number of nitrogens with two attached hydrogens (primary N) is 1. The molecule has 1 rings (SSSR count). The standard InChI is InChI=1S/C10H21NO2S/c1-3-8(2)7-14(12,13)10-5-4-9(11)6-10/h8-10H,3-7,11H2,1-2H3. The van der Waals surface area contributed by atoms with Crippen molar-refractivity contribution in [3.63, 3.8) is 0 Å². The lowest BCUT2D eigenvalue weighted by atomic mass is 10.2. The van der Waals surface area contributed by atoms with Crippen molar-refractivity contribution in [1.82, 2.24) is 0 Å². The predicted molar refractivity (Wildman–Crippen MR) is 58.9 cm³/mol. The van der Waals surface area contributed by atoms with Crippen LogP contribution in [0.3, 0.4) is 0 Å². The molecule has 0 aromatic carbocycles. The van der Waals surface area contributed by atoms with Crippen molar-refractivity contribution < 1.29 is 8.42 Å². The highest BCUT2D eigenvalue weighted by atomic mass is 32.2. The molecular weight excluding hydrogens is 198 g/mol. The molecule has 0 spiro atoms. The van der Waals surface area contributed by atoms with Crippen molar-refractivity contribution >= 4 is 9.84 Å². The molecule has 2 N–H and O–H groups in total. The van der Waals surface area contributed by atoms with Gasteiger partial charge >= 0.3 is 0 Å². The van der Waals surface area contributed by atoms with Crippen molar-refractivity contribution in [2.24, 2.45) is 11.7 Å². The lowest BCUT2D eigenvalue weighted by molar-refractivity contribution is 0.550. The van der Waals surface area contributed by atoms with Gasteiger partial charge in [-0.1, -0.05) is 20.3 Å². The summed E-state index contributed by atoms with van der Waals surface area (Å²) in [6.45, 7) is 4.02. The monoisotopic (exact) mass is 219 g/mol. The quantitative estimate of drug-likeness (QED) is 0.776. The van der Waals surface area contributed by atoms with E-state index in [1.54, 1.807) is 0 Å². The van der Waals surface area contributed by atoms with Gasteiger partial charge < -0.3 is 5.73 Å². The predicted octanol–water partition coefficient (Wildman–Crippen LogP) is 1.33. The Kier molecular flexibility index (Phi) is 3.95. The van der Waals surface area contributed by atoms with Crippen LogP contribution in [-0.2, 0) is 9.84 Å². The van der Waals surface area contributed by atoms with Gasteiger partial charge in [0.15, 0.2) is 9.84 Å². The minimum absolute atomic E-state index is 0.103. The molecule has 1 aliphatic carbocycles. The van der Waals surface area contributed by atoms with Crippen LogP contribution in [0.2, 0.25) is 0 Å². The van der Waals surface area contributed by atoms with Gasteiger partial charge in [-0.25, -0.2) is 8.42 Å². The first-order valence-electron chi connectivity index (χ1n) is 5.42. The number of sulfone groups is 1. The van der Waals surface area contributed by atoms with Gasteiger partial charge in [-0.3, -0.25) is 0 Å². The van der Waals surface area contributed by atoms with E-state index in [1.807, 2.05) is 13.8 Å². The molecule has 0 aromatic rings. The van der Waals surface area contributed by atoms with Gasteiger partial charge in [0.2, 0.25) is 0 Å². The smallest absolute Gasteiger partial charge is 0.153 e. The molecule has 0 aliphatic heterocycles. The van der Waals surface area contributed by atoms with Crippen LogP contribution in [0.1, 0.15) is 39.5 Å². The summed E-state index contributed by atoms with van der Waals surface area (Å²) in [4.78, 5) is 0. The first kappa shape index (κ1) is 12.0. The molecule has 0 saturated heterocycles. The maximum Gasteiger partial charge on any atom is 0.153 e. The Morgan fingerprint density at radius 1 is 1.43 bits per heavy atom. The average molecular weight is 219 g/mol. The highest BCUT2D eigenvalue weighted by Gasteiger charge is 2.33. The Morgan fingerprint density at radius 2 is 2.07 bits per heavy atom. The maximum atomic E-state index is 11.9. The van der Waals surface area contributed by atoms with Gasteiger partial charge in [0.25, 0.3) is 0 Å². The van der Waals surface area contributed by atoms with Gasteiger partial charge in [0.05, 0.1) is 11.0 Å². The molecule has 4 heteroatoms. The molecule has 0 aromatic heterocycles. The summed E-state index contributed by atoms with van der Waals surface area (Å²) in [6.07, 6.45) is 3.22. The SMILES string of the molecule is CCC(C)CS(=O)(=O)C1CCC(N)C1. The largest absolute Gasteiger partial charge is 0.328 e. The molecule has 3 unspecified atom stereocenters. The Bertz CT molecular complexity index is 274. The summed E-state index contributed by atoms with van der Waals surface area (Å²) in [7, 11) is -2.88. The van der Waals surface area contributed by atoms with Gasteiger partial charge in [-0.15, -0.1) is 0 Å². The van der Waals surface area contributed by atoms with E-state index in [0.29, 0.717) is 12.2 Å². The zero-order valence-corrected chi connectivity index (χ0v) is 9.89. The molecule has 1 fully saturated rings. The van der Waals surface area contributed by atoms with Crippen LogP contribution < -0.4 is 5.73 Å². The minimum atomic E-state index is -2.88. The fourth-order valence-electron chi connectivity index (χ4n) is 1.95. The van der Waals surface area contributed by atoms with Crippen LogP contribution in [0.5, 0.6) is 0 Å². The fraction of sp³-hybridized carbons (Fsp3) is 1.00. The van der Waals surface area contributed by atoms with E-state index >= 15 is 0 Å². The third-order valence-corrected chi connectivity index (χ3v) is 5.62. The molecule has 84 valence electrons. The maximum absolute atomic E-state index is 11.9. The van der Waals surface area contributed by atoms with E-state index in [0.717, 1.165) is 19.3 Å². The third kappa shape index (κ3) is 2.95. The second-order valence-electron chi connectivity index (χ2n) is 4.54. The van der Waals surface area contributed by atoms with Gasteiger partial charge in [-0.05, 0) is 25.2 Å².